The number of H-pyrrole nitrogens is 2. The van der Waals surface area contributed by atoms with Gasteiger partial charge in [-0.3, -0.25) is 0 Å². The van der Waals surface area contributed by atoms with E-state index in [0.29, 0.717) is 0 Å². The van der Waals surface area contributed by atoms with Gasteiger partial charge in [0, 0.05) is 44.3 Å². The van der Waals surface area contributed by atoms with Gasteiger partial charge in [0.2, 0.25) is 0 Å². The van der Waals surface area contributed by atoms with Crippen molar-refractivity contribution in [1.82, 2.24) is 19.9 Å². The van der Waals surface area contributed by atoms with Gasteiger partial charge in [-0.2, -0.15) is 0 Å². The fraction of sp³-hybridized carbons (Fsp3) is 0.0638. The van der Waals surface area contributed by atoms with Gasteiger partial charge in [0.1, 0.15) is 0 Å². The van der Waals surface area contributed by atoms with Crippen LogP contribution in [0.5, 0.6) is 0 Å². The Balaban J connectivity index is 1.47. The Kier molecular flexibility index (Phi) is 7.44. The molecule has 2 N–H and O–H groups in total. The highest BCUT2D eigenvalue weighted by molar-refractivity contribution is 5.99. The van der Waals surface area contributed by atoms with E-state index < -0.39 is 0 Å². The molecular weight excluding hydrogens is 621 g/mol. The second-order valence-electron chi connectivity index (χ2n) is 13.5. The summed E-state index contributed by atoms with van der Waals surface area (Å²) in [7, 11) is 0. The molecule has 7 aromatic rings. The van der Waals surface area contributed by atoms with Crippen molar-refractivity contribution >= 4 is 46.4 Å². The van der Waals surface area contributed by atoms with Crippen molar-refractivity contribution in [1.29, 1.82) is 0 Å². The molecule has 0 spiro atoms. The number of fused-ring (bicyclic) bond motifs is 8. The summed E-state index contributed by atoms with van der Waals surface area (Å²) in [6.07, 6.45) is 8.60. The zero-order valence-corrected chi connectivity index (χ0v) is 28.8. The zero-order valence-electron chi connectivity index (χ0n) is 28.8. The van der Waals surface area contributed by atoms with Crippen molar-refractivity contribution in [3.8, 4) is 44.5 Å². The molecule has 0 atom stereocenters. The summed E-state index contributed by atoms with van der Waals surface area (Å²) >= 11 is 0. The minimum Gasteiger partial charge on any atom is -0.354 e. The monoisotopic (exact) mass is 656 g/mol. The Labute approximate surface area is 297 Å². The number of aromatic amines is 2. The van der Waals surface area contributed by atoms with Crippen molar-refractivity contribution in [3.63, 3.8) is 0 Å². The number of hydrogen-bond donors (Lipinski definition) is 2. The Morgan fingerprint density at radius 2 is 0.588 bits per heavy atom. The molecule has 8 bridgehead atoms. The lowest BCUT2D eigenvalue weighted by Crippen LogP contribution is -1.90. The Hall–Kier alpha value is -6.52. The zero-order chi connectivity index (χ0) is 34.5. The van der Waals surface area contributed by atoms with E-state index in [1.54, 1.807) is 0 Å². The largest absolute Gasteiger partial charge is 0.354 e. The Bertz CT molecular complexity index is 2630. The van der Waals surface area contributed by atoms with Gasteiger partial charge in [0.05, 0.1) is 22.8 Å². The van der Waals surface area contributed by atoms with Crippen LogP contribution < -0.4 is 0 Å². The third-order valence-electron chi connectivity index (χ3n) is 9.84. The molecule has 2 aliphatic rings. The fourth-order valence-electron chi connectivity index (χ4n) is 7.19. The van der Waals surface area contributed by atoms with Crippen LogP contribution >= 0.6 is 0 Å². The van der Waals surface area contributed by atoms with Crippen LogP contribution in [0.3, 0.4) is 0 Å². The third kappa shape index (κ3) is 5.61. The molecule has 0 saturated carbocycles. The summed E-state index contributed by atoms with van der Waals surface area (Å²) in [5.41, 5.74) is 19.9. The fourth-order valence-corrected chi connectivity index (χ4v) is 7.19. The topological polar surface area (TPSA) is 57.4 Å². The predicted molar refractivity (Wildman–Crippen MR) is 215 cm³/mol. The summed E-state index contributed by atoms with van der Waals surface area (Å²) in [4.78, 5) is 18.5. The second-order valence-corrected chi connectivity index (χ2v) is 13.5. The first-order chi connectivity index (χ1) is 25.0. The second kappa shape index (κ2) is 12.4. The van der Waals surface area contributed by atoms with Gasteiger partial charge < -0.3 is 9.97 Å². The van der Waals surface area contributed by atoms with E-state index in [-0.39, 0.29) is 0 Å². The van der Waals surface area contributed by atoms with E-state index in [0.717, 1.165) is 89.4 Å². The molecule has 0 fully saturated rings. The Morgan fingerprint density at radius 1 is 0.314 bits per heavy atom. The quantitative estimate of drug-likeness (QED) is 0.198. The van der Waals surface area contributed by atoms with Crippen LogP contribution in [-0.2, 0) is 0 Å². The van der Waals surface area contributed by atoms with Crippen molar-refractivity contribution in [3.05, 3.63) is 167 Å². The first-order valence-electron chi connectivity index (χ1n) is 17.4. The lowest BCUT2D eigenvalue weighted by atomic mass is 10.0. The van der Waals surface area contributed by atoms with Gasteiger partial charge in [-0.1, -0.05) is 120 Å². The average molecular weight is 657 g/mol. The van der Waals surface area contributed by atoms with Gasteiger partial charge in [0.15, 0.2) is 0 Å². The van der Waals surface area contributed by atoms with Crippen LogP contribution in [-0.4, -0.2) is 19.9 Å². The molecule has 0 radical (unpaired) electrons. The predicted octanol–water partition coefficient (Wildman–Crippen LogP) is 12.2. The minimum absolute atomic E-state index is 0.908. The van der Waals surface area contributed by atoms with Crippen LogP contribution in [0.2, 0.25) is 0 Å². The van der Waals surface area contributed by atoms with Crippen LogP contribution in [0.4, 0.5) is 0 Å². The molecule has 4 heteroatoms. The summed E-state index contributed by atoms with van der Waals surface area (Å²) in [5, 5.41) is 0. The molecule has 3 aromatic heterocycles. The van der Waals surface area contributed by atoms with Crippen LogP contribution in [0, 0.1) is 20.8 Å². The maximum absolute atomic E-state index is 5.40. The van der Waals surface area contributed by atoms with Gasteiger partial charge in [-0.05, 0) is 91.6 Å². The van der Waals surface area contributed by atoms with Crippen LogP contribution in [0.1, 0.15) is 39.5 Å². The molecule has 4 aromatic carbocycles. The van der Waals surface area contributed by atoms with Crippen molar-refractivity contribution in [2.45, 2.75) is 20.8 Å². The van der Waals surface area contributed by atoms with E-state index >= 15 is 0 Å². The van der Waals surface area contributed by atoms with E-state index in [2.05, 4.69) is 182 Å². The van der Waals surface area contributed by atoms with Crippen LogP contribution in [0.25, 0.3) is 90.9 Å². The SMILES string of the molecule is Cc1ccc(-c2c3nc(c(-c4ccc(C)cc4)c4ccc([nH]4)c(-c4ccc(C)cc4)c4nc(c(-c5ccccc5)c5ccc2[nH]5)C=C4)C=C3)cc1. The number of benzene rings is 4. The molecule has 9 rings (SSSR count). The molecule has 2 aliphatic heterocycles. The van der Waals surface area contributed by atoms with Gasteiger partial charge >= 0.3 is 0 Å². The summed E-state index contributed by atoms with van der Waals surface area (Å²) in [5.74, 6) is 0. The smallest absolute Gasteiger partial charge is 0.0737 e. The molecule has 5 heterocycles. The van der Waals surface area contributed by atoms with Gasteiger partial charge in [-0.15, -0.1) is 0 Å². The summed E-state index contributed by atoms with van der Waals surface area (Å²) in [6.45, 7) is 6.37. The molecule has 244 valence electrons. The molecule has 0 amide bonds. The highest BCUT2D eigenvalue weighted by atomic mass is 14.8. The number of nitrogens with one attached hydrogen (secondary N) is 2. The summed E-state index contributed by atoms with van der Waals surface area (Å²) in [6, 6.07) is 45.4. The van der Waals surface area contributed by atoms with E-state index in [4.69, 9.17) is 9.97 Å². The van der Waals surface area contributed by atoms with Crippen molar-refractivity contribution in [2.75, 3.05) is 0 Å². The highest BCUT2D eigenvalue weighted by Gasteiger charge is 2.19. The van der Waals surface area contributed by atoms with Crippen molar-refractivity contribution < 1.29 is 0 Å². The minimum atomic E-state index is 0.908. The normalized spacial score (nSPS) is 12.1. The first-order valence-corrected chi connectivity index (χ1v) is 17.4. The maximum Gasteiger partial charge on any atom is 0.0737 e. The van der Waals surface area contributed by atoms with Crippen LogP contribution in [0.15, 0.2) is 127 Å². The molecule has 0 unspecified atom stereocenters. The lowest BCUT2D eigenvalue weighted by molar-refractivity contribution is 1.31. The highest BCUT2D eigenvalue weighted by Crippen LogP contribution is 2.38. The number of nitrogens with zero attached hydrogens (tertiary/aromatic N) is 2. The lowest BCUT2D eigenvalue weighted by Gasteiger charge is -2.07. The number of aromatic nitrogens is 4. The van der Waals surface area contributed by atoms with E-state index in [1.165, 1.54) is 16.7 Å². The van der Waals surface area contributed by atoms with Gasteiger partial charge in [-0.25, -0.2) is 9.97 Å². The Morgan fingerprint density at radius 3 is 0.882 bits per heavy atom. The summed E-state index contributed by atoms with van der Waals surface area (Å²) < 4.78 is 0. The van der Waals surface area contributed by atoms with E-state index in [1.807, 2.05) is 0 Å². The molecular formula is C47H36N4. The molecule has 0 saturated heterocycles. The van der Waals surface area contributed by atoms with E-state index in [9.17, 15) is 0 Å². The molecule has 51 heavy (non-hydrogen) atoms. The molecule has 0 aliphatic carbocycles. The molecule has 4 nitrogen and oxygen atoms in total. The third-order valence-corrected chi connectivity index (χ3v) is 9.84. The van der Waals surface area contributed by atoms with Crippen molar-refractivity contribution in [2.24, 2.45) is 0 Å². The first kappa shape index (κ1) is 30.5. The maximum atomic E-state index is 5.40. The number of rotatable bonds is 4. The number of hydrogen-bond acceptors (Lipinski definition) is 2. The van der Waals surface area contributed by atoms with Gasteiger partial charge in [0.25, 0.3) is 0 Å². The number of aryl methyl sites for hydroxylation is 3. The standard InChI is InChI=1S/C47H36N4/c1-29-9-15-33(16-10-29)45-38-23-21-36(48-38)44(32-7-5-4-6-8-32)37-22-24-39(49-37)46(34-17-11-30(2)12-18-34)41-26-28-43(51-41)47(42-27-25-40(45)50-42)35-19-13-31(3)14-20-35/h4-28,48,51H,1-3H3. The average Bonchev–Trinajstić information content (AvgIpc) is 3.99.